The molecule has 0 aromatic heterocycles. The highest BCUT2D eigenvalue weighted by atomic mass is 16.6. The van der Waals surface area contributed by atoms with E-state index in [-0.39, 0.29) is 13.2 Å². The van der Waals surface area contributed by atoms with Gasteiger partial charge in [-0.2, -0.15) is 0 Å². The zero-order chi connectivity index (χ0) is 19.0. The average molecular weight is 354 g/mol. The molecular weight excluding hydrogens is 328 g/mol. The summed E-state index contributed by atoms with van der Waals surface area (Å²) >= 11 is 0. The minimum atomic E-state index is -0.931. The molecule has 1 atom stereocenters. The Kier molecular flexibility index (Phi) is 7.66. The minimum absolute atomic E-state index is 0.0198. The zero-order valence-corrected chi connectivity index (χ0v) is 15.2. The average Bonchev–Trinajstić information content (AvgIpc) is 2.52. The first-order chi connectivity index (χ1) is 11.7. The van der Waals surface area contributed by atoms with E-state index < -0.39 is 23.6 Å². The van der Waals surface area contributed by atoms with Gasteiger partial charge < -0.3 is 30.0 Å². The van der Waals surface area contributed by atoms with E-state index in [1.165, 1.54) is 14.2 Å². The third-order valence-electron chi connectivity index (χ3n) is 3.06. The number of hydrogen-bond donors (Lipinski definition) is 3. The molecular formula is C17H26N2O6. The Labute approximate surface area is 147 Å². The number of hydrogen-bond acceptors (Lipinski definition) is 6. The molecule has 0 saturated carbocycles. The van der Waals surface area contributed by atoms with Crippen molar-refractivity contribution < 1.29 is 28.9 Å². The van der Waals surface area contributed by atoms with Crippen molar-refractivity contribution in [2.45, 2.75) is 39.0 Å². The van der Waals surface area contributed by atoms with Crippen molar-refractivity contribution in [3.05, 3.63) is 23.8 Å². The highest BCUT2D eigenvalue weighted by Crippen LogP contribution is 2.22. The lowest BCUT2D eigenvalue weighted by molar-refractivity contribution is -0.119. The summed E-state index contributed by atoms with van der Waals surface area (Å²) in [6, 6.07) is 3.93. The molecule has 8 nitrogen and oxygen atoms in total. The van der Waals surface area contributed by atoms with E-state index in [9.17, 15) is 14.7 Å². The van der Waals surface area contributed by atoms with Gasteiger partial charge in [0.25, 0.3) is 0 Å². The van der Waals surface area contributed by atoms with Gasteiger partial charge >= 0.3 is 6.09 Å². The fraction of sp³-hybridized carbons (Fsp3) is 0.529. The number of ether oxygens (including phenoxy) is 3. The molecule has 0 spiro atoms. The second-order valence-corrected chi connectivity index (χ2v) is 6.33. The predicted octanol–water partition coefficient (Wildman–Crippen LogP) is 1.67. The molecule has 25 heavy (non-hydrogen) atoms. The van der Waals surface area contributed by atoms with Gasteiger partial charge in [-0.3, -0.25) is 4.79 Å². The molecule has 0 saturated heterocycles. The van der Waals surface area contributed by atoms with Gasteiger partial charge in [0.1, 0.15) is 17.4 Å². The van der Waals surface area contributed by atoms with Gasteiger partial charge in [-0.25, -0.2) is 4.79 Å². The van der Waals surface area contributed by atoms with Gasteiger partial charge in [0.05, 0.1) is 20.3 Å². The number of nitrogens with one attached hydrogen (secondary N) is 2. The molecule has 1 rings (SSSR count). The molecule has 1 aromatic rings. The number of aliphatic hydroxyl groups excluding tert-OH is 1. The van der Waals surface area contributed by atoms with E-state index in [1.54, 1.807) is 39.0 Å². The molecule has 8 heteroatoms. The summed E-state index contributed by atoms with van der Waals surface area (Å²) in [6.45, 7) is 4.93. The molecule has 0 heterocycles. The quantitative estimate of drug-likeness (QED) is 0.688. The lowest BCUT2D eigenvalue weighted by Gasteiger charge is -2.23. The Morgan fingerprint density at radius 3 is 2.44 bits per heavy atom. The molecule has 0 bridgehead atoms. The normalized spacial score (nSPS) is 12.2. The fourth-order valence-corrected chi connectivity index (χ4v) is 2.01. The van der Waals surface area contributed by atoms with Crippen LogP contribution in [0.2, 0.25) is 0 Å². The maximum Gasteiger partial charge on any atom is 0.408 e. The molecule has 2 amide bonds. The van der Waals surface area contributed by atoms with Crippen molar-refractivity contribution in [1.29, 1.82) is 0 Å². The van der Waals surface area contributed by atoms with Crippen LogP contribution in [0.5, 0.6) is 5.75 Å². The van der Waals surface area contributed by atoms with Crippen LogP contribution in [0, 0.1) is 0 Å². The van der Waals surface area contributed by atoms with Crippen LogP contribution in [0.1, 0.15) is 26.3 Å². The summed E-state index contributed by atoms with van der Waals surface area (Å²) < 4.78 is 15.2. The summed E-state index contributed by atoms with van der Waals surface area (Å²) in [4.78, 5) is 24.3. The summed E-state index contributed by atoms with van der Waals surface area (Å²) in [5.74, 6) is 0.0441. The number of anilines is 1. The van der Waals surface area contributed by atoms with Crippen molar-refractivity contribution in [3.8, 4) is 5.75 Å². The van der Waals surface area contributed by atoms with Crippen LogP contribution in [-0.4, -0.2) is 49.6 Å². The van der Waals surface area contributed by atoms with E-state index in [0.717, 1.165) is 0 Å². The summed E-state index contributed by atoms with van der Waals surface area (Å²) in [5.41, 5.74) is 0.315. The lowest BCUT2D eigenvalue weighted by Crippen LogP contribution is -2.48. The van der Waals surface area contributed by atoms with Crippen molar-refractivity contribution in [3.63, 3.8) is 0 Å². The van der Waals surface area contributed by atoms with Crippen molar-refractivity contribution >= 4 is 17.7 Å². The Hall–Kier alpha value is -2.32. The summed E-state index contributed by atoms with van der Waals surface area (Å²) in [5, 5.41) is 14.5. The second kappa shape index (κ2) is 9.24. The maximum absolute atomic E-state index is 12.4. The number of amides is 2. The monoisotopic (exact) mass is 354 g/mol. The van der Waals surface area contributed by atoms with E-state index in [2.05, 4.69) is 10.6 Å². The van der Waals surface area contributed by atoms with Gasteiger partial charge in [-0.05, 0) is 39.0 Å². The molecule has 0 aliphatic rings. The van der Waals surface area contributed by atoms with E-state index in [1.807, 2.05) is 0 Å². The molecule has 0 aliphatic carbocycles. The highest BCUT2D eigenvalue weighted by Gasteiger charge is 2.24. The van der Waals surface area contributed by atoms with Crippen LogP contribution in [0.4, 0.5) is 10.5 Å². The Morgan fingerprint density at radius 2 is 1.92 bits per heavy atom. The van der Waals surface area contributed by atoms with Gasteiger partial charge in [0, 0.05) is 18.4 Å². The number of aliphatic hydroxyl groups is 1. The van der Waals surface area contributed by atoms with Crippen molar-refractivity contribution in [1.82, 2.24) is 5.32 Å². The number of rotatable bonds is 7. The van der Waals surface area contributed by atoms with Gasteiger partial charge in [-0.15, -0.1) is 0 Å². The molecule has 0 radical (unpaired) electrons. The Balaban J connectivity index is 2.81. The SMILES string of the molecule is COCC(NC(=O)OC(C)(C)C)C(=O)Nc1ccc(OC)c(CO)c1. The third kappa shape index (κ3) is 6.98. The molecule has 3 N–H and O–H groups in total. The Morgan fingerprint density at radius 1 is 1.24 bits per heavy atom. The Bertz CT molecular complexity index is 597. The molecule has 0 aliphatic heterocycles. The maximum atomic E-state index is 12.4. The highest BCUT2D eigenvalue weighted by molar-refractivity contribution is 5.96. The standard InChI is InChI=1S/C17H26N2O6/c1-17(2,3)25-16(22)19-13(10-23-4)15(21)18-12-6-7-14(24-5)11(8-12)9-20/h6-8,13,20H,9-10H2,1-5H3,(H,18,21)(H,19,22). The lowest BCUT2D eigenvalue weighted by atomic mass is 10.1. The first kappa shape index (κ1) is 20.7. The number of methoxy groups -OCH3 is 2. The van der Waals surface area contributed by atoms with Gasteiger partial charge in [0.15, 0.2) is 0 Å². The summed E-state index contributed by atoms with van der Waals surface area (Å²) in [7, 11) is 2.92. The zero-order valence-electron chi connectivity index (χ0n) is 15.2. The van der Waals surface area contributed by atoms with E-state index >= 15 is 0 Å². The van der Waals surface area contributed by atoms with Crippen molar-refractivity contribution in [2.75, 3.05) is 26.1 Å². The first-order valence-corrected chi connectivity index (χ1v) is 7.77. The summed E-state index contributed by atoms with van der Waals surface area (Å²) in [6.07, 6.45) is -0.713. The molecule has 140 valence electrons. The van der Waals surface area contributed by atoms with Crippen molar-refractivity contribution in [2.24, 2.45) is 0 Å². The largest absolute Gasteiger partial charge is 0.496 e. The third-order valence-corrected chi connectivity index (χ3v) is 3.06. The number of benzene rings is 1. The van der Waals surface area contributed by atoms with E-state index in [0.29, 0.717) is 17.0 Å². The van der Waals surface area contributed by atoms with Crippen LogP contribution in [0.3, 0.4) is 0 Å². The van der Waals surface area contributed by atoms with Crippen LogP contribution in [0.15, 0.2) is 18.2 Å². The first-order valence-electron chi connectivity index (χ1n) is 7.77. The van der Waals surface area contributed by atoms with Gasteiger partial charge in [-0.1, -0.05) is 0 Å². The van der Waals surface area contributed by atoms with Gasteiger partial charge in [0.2, 0.25) is 5.91 Å². The second-order valence-electron chi connectivity index (χ2n) is 6.33. The van der Waals surface area contributed by atoms with Crippen LogP contribution in [-0.2, 0) is 20.9 Å². The minimum Gasteiger partial charge on any atom is -0.496 e. The predicted molar refractivity (Wildman–Crippen MR) is 92.6 cm³/mol. The van der Waals surface area contributed by atoms with Crippen LogP contribution in [0.25, 0.3) is 0 Å². The number of carbonyl (C=O) groups is 2. The number of carbonyl (C=O) groups excluding carboxylic acids is 2. The van der Waals surface area contributed by atoms with Crippen LogP contribution >= 0.6 is 0 Å². The topological polar surface area (TPSA) is 106 Å². The molecule has 1 unspecified atom stereocenters. The van der Waals surface area contributed by atoms with E-state index in [4.69, 9.17) is 14.2 Å². The number of alkyl carbamates (subject to hydrolysis) is 1. The smallest absolute Gasteiger partial charge is 0.408 e. The molecule has 0 fully saturated rings. The van der Waals surface area contributed by atoms with Crippen LogP contribution < -0.4 is 15.4 Å². The fourth-order valence-electron chi connectivity index (χ4n) is 2.01. The molecule has 1 aromatic carbocycles.